The Hall–Kier alpha value is -3.60. The molecule has 0 unspecified atom stereocenters. The lowest BCUT2D eigenvalue weighted by Gasteiger charge is -2.32. The maximum absolute atomic E-state index is 13.5. The maximum Gasteiger partial charge on any atom is 0.304 e. The minimum Gasteiger partial charge on any atom is -0.497 e. The first kappa shape index (κ1) is 20.1. The van der Waals surface area contributed by atoms with Crippen LogP contribution in [0.15, 0.2) is 84.9 Å². The molecule has 0 radical (unpaired) electrons. The van der Waals surface area contributed by atoms with E-state index in [1.165, 1.54) is 6.92 Å². The molecule has 0 aliphatic carbocycles. The quantitative estimate of drug-likeness (QED) is 0.624. The van der Waals surface area contributed by atoms with Crippen LogP contribution < -0.4 is 10.1 Å². The third-order valence-corrected chi connectivity index (χ3v) is 4.59. The van der Waals surface area contributed by atoms with Gasteiger partial charge in [0.25, 0.3) is 5.91 Å². The molecule has 0 aliphatic heterocycles. The van der Waals surface area contributed by atoms with Crippen molar-refractivity contribution in [2.75, 3.05) is 7.11 Å². The number of carbonyl (C=O) groups is 2. The fraction of sp³-hybridized carbons (Fsp3) is 0.167. The molecular weight excluding hydrogens is 366 g/mol. The SMILES string of the molecule is COc1ccc(CNC(=O)C(OC(C)=O)(c2ccccc2)c2ccccc2)cc1. The molecule has 0 spiro atoms. The molecule has 3 rings (SSSR count). The number of hydrogen-bond donors (Lipinski definition) is 1. The number of amides is 1. The minimum absolute atomic E-state index is 0.283. The van der Waals surface area contributed by atoms with Gasteiger partial charge in [0, 0.05) is 24.6 Å². The molecule has 5 heteroatoms. The van der Waals surface area contributed by atoms with Gasteiger partial charge >= 0.3 is 5.97 Å². The molecule has 0 aromatic heterocycles. The standard InChI is InChI=1S/C24H23NO4/c1-18(26)29-24(20-9-5-3-6-10-20,21-11-7-4-8-12-21)23(27)25-17-19-13-15-22(28-2)16-14-19/h3-16H,17H2,1-2H3,(H,25,27). The molecule has 0 saturated heterocycles. The number of rotatable bonds is 7. The van der Waals surface area contributed by atoms with Crippen LogP contribution in [0.5, 0.6) is 5.75 Å². The predicted octanol–water partition coefficient (Wildman–Crippen LogP) is 3.82. The molecule has 3 aromatic rings. The molecule has 0 aliphatic rings. The second kappa shape index (κ2) is 9.06. The van der Waals surface area contributed by atoms with E-state index in [0.29, 0.717) is 11.1 Å². The molecule has 0 saturated carbocycles. The third kappa shape index (κ3) is 4.46. The summed E-state index contributed by atoms with van der Waals surface area (Å²) in [5.41, 5.74) is 0.472. The highest BCUT2D eigenvalue weighted by Crippen LogP contribution is 2.34. The monoisotopic (exact) mass is 389 g/mol. The van der Waals surface area contributed by atoms with Crippen molar-refractivity contribution < 1.29 is 19.1 Å². The van der Waals surface area contributed by atoms with E-state index in [1.54, 1.807) is 31.4 Å². The molecule has 148 valence electrons. The molecule has 1 amide bonds. The second-order valence-electron chi connectivity index (χ2n) is 6.54. The van der Waals surface area contributed by atoms with E-state index in [1.807, 2.05) is 60.7 Å². The van der Waals surface area contributed by atoms with Crippen molar-refractivity contribution in [2.45, 2.75) is 19.1 Å². The van der Waals surface area contributed by atoms with Crippen LogP contribution in [0, 0.1) is 0 Å². The van der Waals surface area contributed by atoms with Crippen LogP contribution in [0.1, 0.15) is 23.6 Å². The molecule has 29 heavy (non-hydrogen) atoms. The first-order chi connectivity index (χ1) is 14.1. The zero-order valence-corrected chi connectivity index (χ0v) is 16.4. The summed E-state index contributed by atoms with van der Waals surface area (Å²) in [5.74, 6) is -0.221. The molecule has 3 aromatic carbocycles. The fourth-order valence-corrected chi connectivity index (χ4v) is 3.20. The summed E-state index contributed by atoms with van der Waals surface area (Å²) in [6.45, 7) is 1.59. The van der Waals surface area contributed by atoms with Crippen LogP contribution in [-0.4, -0.2) is 19.0 Å². The van der Waals surface area contributed by atoms with E-state index in [0.717, 1.165) is 11.3 Å². The summed E-state index contributed by atoms with van der Waals surface area (Å²) in [6.07, 6.45) is 0. The van der Waals surface area contributed by atoms with Gasteiger partial charge in [0.2, 0.25) is 5.60 Å². The average Bonchev–Trinajstić information content (AvgIpc) is 2.77. The van der Waals surface area contributed by atoms with Gasteiger partial charge in [-0.25, -0.2) is 0 Å². The number of carbonyl (C=O) groups excluding carboxylic acids is 2. The highest BCUT2D eigenvalue weighted by atomic mass is 16.6. The summed E-state index contributed by atoms with van der Waals surface area (Å²) in [6, 6.07) is 25.5. The van der Waals surface area contributed by atoms with Crippen LogP contribution in [0.25, 0.3) is 0 Å². The molecular formula is C24H23NO4. The molecule has 5 nitrogen and oxygen atoms in total. The Balaban J connectivity index is 1.98. The van der Waals surface area contributed by atoms with Crippen LogP contribution >= 0.6 is 0 Å². The summed E-state index contributed by atoms with van der Waals surface area (Å²) in [7, 11) is 1.60. The number of ether oxygens (including phenoxy) is 2. The van der Waals surface area contributed by atoms with Gasteiger partial charge in [0.1, 0.15) is 5.75 Å². The average molecular weight is 389 g/mol. The Morgan fingerprint density at radius 1 is 0.828 bits per heavy atom. The van der Waals surface area contributed by atoms with Crippen molar-refractivity contribution in [3.63, 3.8) is 0 Å². The third-order valence-electron chi connectivity index (χ3n) is 4.59. The van der Waals surface area contributed by atoms with Gasteiger partial charge in [-0.15, -0.1) is 0 Å². The van der Waals surface area contributed by atoms with Gasteiger partial charge in [-0.3, -0.25) is 9.59 Å². The topological polar surface area (TPSA) is 64.6 Å². The number of benzene rings is 3. The summed E-state index contributed by atoms with van der Waals surface area (Å²) in [5, 5.41) is 2.92. The van der Waals surface area contributed by atoms with Crippen molar-refractivity contribution in [1.29, 1.82) is 0 Å². The maximum atomic E-state index is 13.5. The number of nitrogens with one attached hydrogen (secondary N) is 1. The Kier molecular flexibility index (Phi) is 6.29. The Bertz CT molecular complexity index is 914. The van der Waals surface area contributed by atoms with Crippen molar-refractivity contribution in [2.24, 2.45) is 0 Å². The number of hydrogen-bond acceptors (Lipinski definition) is 4. The van der Waals surface area contributed by atoms with Crippen LogP contribution in [-0.2, 0) is 26.5 Å². The van der Waals surface area contributed by atoms with Crippen LogP contribution in [0.4, 0.5) is 0 Å². The number of esters is 1. The Labute approximate surface area is 170 Å². The minimum atomic E-state index is -1.58. The lowest BCUT2D eigenvalue weighted by atomic mass is 9.85. The van der Waals surface area contributed by atoms with Crippen molar-refractivity contribution in [1.82, 2.24) is 5.32 Å². The summed E-state index contributed by atoms with van der Waals surface area (Å²) >= 11 is 0. The zero-order valence-electron chi connectivity index (χ0n) is 16.4. The Morgan fingerprint density at radius 3 is 1.79 bits per heavy atom. The molecule has 0 atom stereocenters. The second-order valence-corrected chi connectivity index (χ2v) is 6.54. The van der Waals surface area contributed by atoms with Gasteiger partial charge in [-0.1, -0.05) is 72.8 Å². The fourth-order valence-electron chi connectivity index (χ4n) is 3.20. The molecule has 0 bridgehead atoms. The molecule has 0 fully saturated rings. The van der Waals surface area contributed by atoms with Gasteiger partial charge < -0.3 is 14.8 Å². The Morgan fingerprint density at radius 2 is 1.34 bits per heavy atom. The highest BCUT2D eigenvalue weighted by molar-refractivity contribution is 5.92. The van der Waals surface area contributed by atoms with Crippen molar-refractivity contribution in [3.05, 3.63) is 102 Å². The van der Waals surface area contributed by atoms with E-state index < -0.39 is 17.5 Å². The lowest BCUT2D eigenvalue weighted by molar-refractivity contribution is -0.163. The van der Waals surface area contributed by atoms with Gasteiger partial charge in [-0.05, 0) is 17.7 Å². The normalized spacial score (nSPS) is 10.8. The smallest absolute Gasteiger partial charge is 0.304 e. The van der Waals surface area contributed by atoms with E-state index in [9.17, 15) is 9.59 Å². The summed E-state index contributed by atoms with van der Waals surface area (Å²) < 4.78 is 10.9. The first-order valence-electron chi connectivity index (χ1n) is 9.28. The van der Waals surface area contributed by atoms with Gasteiger partial charge in [0.15, 0.2) is 0 Å². The van der Waals surface area contributed by atoms with Crippen LogP contribution in [0.3, 0.4) is 0 Å². The van der Waals surface area contributed by atoms with E-state index in [2.05, 4.69) is 5.32 Å². The van der Waals surface area contributed by atoms with Crippen LogP contribution in [0.2, 0.25) is 0 Å². The zero-order chi connectivity index (χ0) is 20.7. The molecule has 0 heterocycles. The largest absolute Gasteiger partial charge is 0.497 e. The summed E-state index contributed by atoms with van der Waals surface area (Å²) in [4.78, 5) is 25.5. The molecule has 1 N–H and O–H groups in total. The number of methoxy groups -OCH3 is 1. The highest BCUT2D eigenvalue weighted by Gasteiger charge is 2.45. The van der Waals surface area contributed by atoms with Crippen molar-refractivity contribution in [3.8, 4) is 5.75 Å². The van der Waals surface area contributed by atoms with E-state index in [-0.39, 0.29) is 6.54 Å². The van der Waals surface area contributed by atoms with Crippen molar-refractivity contribution >= 4 is 11.9 Å². The predicted molar refractivity (Wildman–Crippen MR) is 110 cm³/mol. The van der Waals surface area contributed by atoms with Gasteiger partial charge in [0.05, 0.1) is 7.11 Å². The first-order valence-corrected chi connectivity index (χ1v) is 9.28. The van der Waals surface area contributed by atoms with Gasteiger partial charge in [-0.2, -0.15) is 0 Å². The van der Waals surface area contributed by atoms with E-state index in [4.69, 9.17) is 9.47 Å². The lowest BCUT2D eigenvalue weighted by Crippen LogP contribution is -2.48. The van der Waals surface area contributed by atoms with E-state index >= 15 is 0 Å².